The molecule has 142 valence electrons. The van der Waals surface area contributed by atoms with E-state index in [9.17, 15) is 5.26 Å². The summed E-state index contributed by atoms with van der Waals surface area (Å²) in [6, 6.07) is 14.2. The standard InChI is InChI=1S/C22H23N5S/c23-13-18(21-26-20(15-28-21)17-9-5-2-6-10-17)19-11-12-24-22(27-19)25-14-16-7-3-1-4-8-16/h2,5-6,9-12,15-16,26H,1,3-4,7-8,14H2,(H,24,25,27)/b21-18-. The number of anilines is 1. The highest BCUT2D eigenvalue weighted by atomic mass is 32.2. The lowest BCUT2D eigenvalue weighted by Gasteiger charge is -2.21. The topological polar surface area (TPSA) is 73.6 Å². The third-order valence-electron chi connectivity index (χ3n) is 5.15. The fourth-order valence-corrected chi connectivity index (χ4v) is 4.48. The Balaban J connectivity index is 1.48. The molecule has 0 radical (unpaired) electrons. The molecule has 1 fully saturated rings. The van der Waals surface area contributed by atoms with E-state index in [4.69, 9.17) is 0 Å². The molecule has 0 amide bonds. The number of thioether (sulfide) groups is 1. The Morgan fingerprint density at radius 3 is 2.79 bits per heavy atom. The van der Waals surface area contributed by atoms with E-state index in [1.807, 2.05) is 35.7 Å². The minimum Gasteiger partial charge on any atom is -0.354 e. The molecule has 0 atom stereocenters. The zero-order valence-electron chi connectivity index (χ0n) is 15.7. The van der Waals surface area contributed by atoms with E-state index in [-0.39, 0.29) is 0 Å². The van der Waals surface area contributed by atoms with Crippen molar-refractivity contribution in [2.24, 2.45) is 5.92 Å². The van der Waals surface area contributed by atoms with Gasteiger partial charge in [-0.25, -0.2) is 9.97 Å². The number of aromatic nitrogens is 2. The lowest BCUT2D eigenvalue weighted by atomic mass is 9.89. The molecule has 1 aromatic heterocycles. The van der Waals surface area contributed by atoms with Crippen molar-refractivity contribution in [2.75, 3.05) is 11.9 Å². The first-order valence-corrected chi connectivity index (χ1v) is 10.6. The van der Waals surface area contributed by atoms with E-state index >= 15 is 0 Å². The Hall–Kier alpha value is -2.78. The molecule has 2 aromatic rings. The van der Waals surface area contributed by atoms with Crippen molar-refractivity contribution in [1.82, 2.24) is 15.3 Å². The number of hydrogen-bond donors (Lipinski definition) is 2. The van der Waals surface area contributed by atoms with Gasteiger partial charge in [-0.3, -0.25) is 0 Å². The zero-order valence-corrected chi connectivity index (χ0v) is 16.5. The molecule has 0 saturated heterocycles. The van der Waals surface area contributed by atoms with Gasteiger partial charge in [-0.2, -0.15) is 5.26 Å². The first-order chi connectivity index (χ1) is 13.8. The molecular formula is C22H23N5S. The lowest BCUT2D eigenvalue weighted by molar-refractivity contribution is 0.373. The fraction of sp³-hybridized carbons (Fsp3) is 0.318. The molecular weight excluding hydrogens is 366 g/mol. The van der Waals surface area contributed by atoms with Crippen molar-refractivity contribution in [2.45, 2.75) is 32.1 Å². The maximum absolute atomic E-state index is 9.76. The van der Waals surface area contributed by atoms with Gasteiger partial charge in [0.2, 0.25) is 5.95 Å². The minimum absolute atomic E-state index is 0.537. The summed E-state index contributed by atoms with van der Waals surface area (Å²) in [5.41, 5.74) is 3.27. The second-order valence-corrected chi connectivity index (χ2v) is 7.99. The number of benzene rings is 1. The van der Waals surface area contributed by atoms with Crippen molar-refractivity contribution in [3.05, 3.63) is 64.3 Å². The third kappa shape index (κ3) is 4.37. The molecule has 4 rings (SSSR count). The normalized spacial score (nSPS) is 18.8. The summed E-state index contributed by atoms with van der Waals surface area (Å²) in [6.45, 7) is 0.897. The highest BCUT2D eigenvalue weighted by Crippen LogP contribution is 2.34. The Kier molecular flexibility index (Phi) is 5.93. The molecule has 5 nitrogen and oxygen atoms in total. The molecule has 2 heterocycles. The Labute approximate surface area is 170 Å². The molecule has 2 aliphatic rings. The van der Waals surface area contributed by atoms with Crippen LogP contribution in [-0.4, -0.2) is 16.5 Å². The second-order valence-electron chi connectivity index (χ2n) is 7.11. The third-order valence-corrected chi connectivity index (χ3v) is 6.05. The number of allylic oxidation sites excluding steroid dienone is 1. The van der Waals surface area contributed by atoms with Crippen LogP contribution in [0.4, 0.5) is 5.95 Å². The SMILES string of the molecule is N#C/C(=C1\NC(c2ccccc2)=CS1)c1ccnc(NCC2CCCCC2)n1. The summed E-state index contributed by atoms with van der Waals surface area (Å²) in [5.74, 6) is 1.29. The highest BCUT2D eigenvalue weighted by molar-refractivity contribution is 8.06. The van der Waals surface area contributed by atoms with Gasteiger partial charge in [0.25, 0.3) is 0 Å². The predicted octanol–water partition coefficient (Wildman–Crippen LogP) is 5.00. The molecule has 28 heavy (non-hydrogen) atoms. The van der Waals surface area contributed by atoms with Crippen LogP contribution in [0, 0.1) is 17.2 Å². The molecule has 2 N–H and O–H groups in total. The molecule has 0 spiro atoms. The van der Waals surface area contributed by atoms with E-state index in [1.54, 1.807) is 12.3 Å². The van der Waals surface area contributed by atoms with E-state index in [2.05, 4.69) is 26.7 Å². The first kappa shape index (κ1) is 18.6. The van der Waals surface area contributed by atoms with E-state index in [0.29, 0.717) is 23.1 Å². The second kappa shape index (κ2) is 8.94. The van der Waals surface area contributed by atoms with Crippen LogP contribution < -0.4 is 10.6 Å². The number of nitriles is 1. The van der Waals surface area contributed by atoms with Gasteiger partial charge >= 0.3 is 0 Å². The van der Waals surface area contributed by atoms with Crippen LogP contribution in [0.2, 0.25) is 0 Å². The smallest absolute Gasteiger partial charge is 0.223 e. The largest absolute Gasteiger partial charge is 0.354 e. The molecule has 1 aliphatic heterocycles. The van der Waals surface area contributed by atoms with E-state index in [0.717, 1.165) is 22.8 Å². The van der Waals surface area contributed by atoms with Crippen LogP contribution >= 0.6 is 11.8 Å². The van der Waals surface area contributed by atoms with Crippen LogP contribution in [0.25, 0.3) is 11.3 Å². The van der Waals surface area contributed by atoms with Crippen molar-refractivity contribution >= 4 is 29.0 Å². The van der Waals surface area contributed by atoms with Crippen molar-refractivity contribution in [3.8, 4) is 6.07 Å². The van der Waals surface area contributed by atoms with Crippen LogP contribution in [0.1, 0.15) is 43.4 Å². The minimum atomic E-state index is 0.537. The lowest BCUT2D eigenvalue weighted by Crippen LogP contribution is -2.18. The Morgan fingerprint density at radius 1 is 1.18 bits per heavy atom. The van der Waals surface area contributed by atoms with Gasteiger partial charge in [-0.1, -0.05) is 61.4 Å². The van der Waals surface area contributed by atoms with Gasteiger partial charge in [0, 0.05) is 18.1 Å². The van der Waals surface area contributed by atoms with Gasteiger partial charge in [0.15, 0.2) is 0 Å². The predicted molar refractivity (Wildman–Crippen MR) is 115 cm³/mol. The van der Waals surface area contributed by atoms with Crippen LogP contribution in [0.15, 0.2) is 53.0 Å². The molecule has 0 unspecified atom stereocenters. The highest BCUT2D eigenvalue weighted by Gasteiger charge is 2.19. The Morgan fingerprint density at radius 2 is 2.00 bits per heavy atom. The number of nitrogens with zero attached hydrogens (tertiary/aromatic N) is 3. The molecule has 0 bridgehead atoms. The summed E-state index contributed by atoms with van der Waals surface area (Å²) in [6.07, 6.45) is 8.25. The zero-order chi connectivity index (χ0) is 19.2. The van der Waals surface area contributed by atoms with Crippen LogP contribution in [0.5, 0.6) is 0 Å². The van der Waals surface area contributed by atoms with Gasteiger partial charge < -0.3 is 10.6 Å². The fourth-order valence-electron chi connectivity index (χ4n) is 3.61. The van der Waals surface area contributed by atoms with Crippen molar-refractivity contribution in [3.63, 3.8) is 0 Å². The summed E-state index contributed by atoms with van der Waals surface area (Å²) >= 11 is 1.52. The van der Waals surface area contributed by atoms with Crippen LogP contribution in [-0.2, 0) is 0 Å². The summed E-state index contributed by atoms with van der Waals surface area (Å²) in [7, 11) is 0. The summed E-state index contributed by atoms with van der Waals surface area (Å²) in [4.78, 5) is 8.93. The van der Waals surface area contributed by atoms with Gasteiger partial charge in [-0.15, -0.1) is 0 Å². The summed E-state index contributed by atoms with van der Waals surface area (Å²) in [5, 5.41) is 19.3. The van der Waals surface area contributed by atoms with Gasteiger partial charge in [0.1, 0.15) is 11.6 Å². The van der Waals surface area contributed by atoms with Crippen molar-refractivity contribution in [1.29, 1.82) is 5.26 Å². The Bertz CT molecular complexity index is 923. The van der Waals surface area contributed by atoms with E-state index < -0.39 is 0 Å². The molecule has 1 aromatic carbocycles. The maximum Gasteiger partial charge on any atom is 0.223 e. The molecule has 1 aliphatic carbocycles. The van der Waals surface area contributed by atoms with E-state index in [1.165, 1.54) is 43.9 Å². The van der Waals surface area contributed by atoms with Gasteiger partial charge in [0.05, 0.1) is 16.4 Å². The summed E-state index contributed by atoms with van der Waals surface area (Å²) < 4.78 is 0. The van der Waals surface area contributed by atoms with Crippen LogP contribution in [0.3, 0.4) is 0 Å². The molecule has 1 saturated carbocycles. The molecule has 6 heteroatoms. The first-order valence-electron chi connectivity index (χ1n) is 9.74. The monoisotopic (exact) mass is 389 g/mol. The van der Waals surface area contributed by atoms with Crippen molar-refractivity contribution < 1.29 is 0 Å². The average Bonchev–Trinajstić information content (AvgIpc) is 3.24. The number of hydrogen-bond acceptors (Lipinski definition) is 6. The quantitative estimate of drug-likeness (QED) is 0.701. The van der Waals surface area contributed by atoms with Gasteiger partial charge in [-0.05, 0) is 30.4 Å². The average molecular weight is 390 g/mol. The number of nitrogens with one attached hydrogen (secondary N) is 2. The maximum atomic E-state index is 9.76. The number of rotatable bonds is 5.